The number of halogens is 1. The van der Waals surface area contributed by atoms with Crippen LogP contribution in [0.5, 0.6) is 11.5 Å². The molecule has 0 spiro atoms. The molecule has 0 bridgehead atoms. The number of methoxy groups -OCH3 is 1. The molecule has 118 valence electrons. The first-order valence-corrected chi connectivity index (χ1v) is 7.22. The van der Waals surface area contributed by atoms with E-state index >= 15 is 0 Å². The summed E-state index contributed by atoms with van der Waals surface area (Å²) in [7, 11) is 1.51. The number of hydrogen-bond acceptors (Lipinski definition) is 4. The third-order valence-corrected chi connectivity index (χ3v) is 3.32. The Balaban J connectivity index is 2.05. The van der Waals surface area contributed by atoms with E-state index < -0.39 is 6.10 Å². The number of ether oxygens (including phenoxy) is 2. The van der Waals surface area contributed by atoms with Gasteiger partial charge in [0.1, 0.15) is 11.5 Å². The zero-order valence-electron chi connectivity index (χ0n) is 12.7. The second-order valence-electron chi connectivity index (χ2n) is 4.73. The first-order chi connectivity index (χ1) is 11.0. The van der Waals surface area contributed by atoms with E-state index in [1.165, 1.54) is 7.11 Å². The monoisotopic (exact) mass is 330 g/mol. The number of nitriles is 1. The predicted octanol–water partition coefficient (Wildman–Crippen LogP) is 3.63. The summed E-state index contributed by atoms with van der Waals surface area (Å²) in [5.41, 5.74) is 0.999. The number of anilines is 1. The molecule has 0 heterocycles. The Bertz CT molecular complexity index is 738. The van der Waals surface area contributed by atoms with Gasteiger partial charge in [-0.05, 0) is 49.4 Å². The lowest BCUT2D eigenvalue weighted by atomic mass is 10.2. The van der Waals surface area contributed by atoms with Crippen molar-refractivity contribution in [3.05, 3.63) is 53.1 Å². The molecular formula is C17H15ClN2O3. The normalized spacial score (nSPS) is 11.2. The van der Waals surface area contributed by atoms with Gasteiger partial charge in [-0.1, -0.05) is 11.6 Å². The molecule has 1 atom stereocenters. The highest BCUT2D eigenvalue weighted by Crippen LogP contribution is 2.28. The van der Waals surface area contributed by atoms with Gasteiger partial charge in [0.05, 0.1) is 24.4 Å². The Morgan fingerprint density at radius 2 is 1.96 bits per heavy atom. The van der Waals surface area contributed by atoms with Crippen LogP contribution in [0.4, 0.5) is 5.69 Å². The van der Waals surface area contributed by atoms with Gasteiger partial charge >= 0.3 is 0 Å². The number of amides is 1. The van der Waals surface area contributed by atoms with Gasteiger partial charge in [0, 0.05) is 5.02 Å². The summed E-state index contributed by atoms with van der Waals surface area (Å²) in [5.74, 6) is 0.674. The van der Waals surface area contributed by atoms with Gasteiger partial charge < -0.3 is 14.8 Å². The van der Waals surface area contributed by atoms with E-state index in [0.717, 1.165) is 0 Å². The second kappa shape index (κ2) is 7.52. The Hall–Kier alpha value is -2.71. The lowest BCUT2D eigenvalue weighted by Gasteiger charge is -2.16. The number of carbonyl (C=O) groups is 1. The third kappa shape index (κ3) is 4.38. The standard InChI is InChI=1S/C17H15ClN2O3/c1-11(23-14-6-3-12(10-19)4-7-14)17(21)20-15-9-13(18)5-8-16(15)22-2/h3-9,11H,1-2H3,(H,20,21)/t11-/m1/s1. The van der Waals surface area contributed by atoms with Gasteiger partial charge in [-0.15, -0.1) is 0 Å². The van der Waals surface area contributed by atoms with Crippen LogP contribution in [-0.4, -0.2) is 19.1 Å². The number of benzene rings is 2. The molecule has 6 heteroatoms. The quantitative estimate of drug-likeness (QED) is 0.908. The van der Waals surface area contributed by atoms with Crippen LogP contribution in [0.25, 0.3) is 0 Å². The maximum atomic E-state index is 12.2. The molecule has 2 aromatic carbocycles. The number of rotatable bonds is 5. The maximum Gasteiger partial charge on any atom is 0.265 e. The highest BCUT2D eigenvalue weighted by Gasteiger charge is 2.17. The van der Waals surface area contributed by atoms with Crippen LogP contribution >= 0.6 is 11.6 Å². The second-order valence-corrected chi connectivity index (χ2v) is 5.17. The Morgan fingerprint density at radius 3 is 2.57 bits per heavy atom. The van der Waals surface area contributed by atoms with Crippen molar-refractivity contribution in [3.8, 4) is 17.6 Å². The maximum absolute atomic E-state index is 12.2. The van der Waals surface area contributed by atoms with E-state index in [4.69, 9.17) is 26.3 Å². The molecule has 0 fully saturated rings. The number of nitrogens with zero attached hydrogens (tertiary/aromatic N) is 1. The van der Waals surface area contributed by atoms with Crippen LogP contribution in [0.3, 0.4) is 0 Å². The van der Waals surface area contributed by atoms with Crippen molar-refractivity contribution in [2.45, 2.75) is 13.0 Å². The largest absolute Gasteiger partial charge is 0.495 e. The molecule has 1 N–H and O–H groups in total. The Morgan fingerprint density at radius 1 is 1.26 bits per heavy atom. The first-order valence-electron chi connectivity index (χ1n) is 6.84. The van der Waals surface area contributed by atoms with Crippen LogP contribution < -0.4 is 14.8 Å². The highest BCUT2D eigenvalue weighted by molar-refractivity contribution is 6.31. The van der Waals surface area contributed by atoms with E-state index in [9.17, 15) is 4.79 Å². The van der Waals surface area contributed by atoms with Gasteiger partial charge in [0.25, 0.3) is 5.91 Å². The molecule has 5 nitrogen and oxygen atoms in total. The SMILES string of the molecule is COc1ccc(Cl)cc1NC(=O)[C@@H](C)Oc1ccc(C#N)cc1. The van der Waals surface area contributed by atoms with E-state index in [1.54, 1.807) is 49.4 Å². The topological polar surface area (TPSA) is 71.3 Å². The summed E-state index contributed by atoms with van der Waals surface area (Å²) in [5, 5.41) is 12.0. The molecule has 23 heavy (non-hydrogen) atoms. The van der Waals surface area contributed by atoms with Crippen LogP contribution in [-0.2, 0) is 4.79 Å². The van der Waals surface area contributed by atoms with Gasteiger partial charge in [-0.3, -0.25) is 4.79 Å². The van der Waals surface area contributed by atoms with Crippen LogP contribution in [0.2, 0.25) is 5.02 Å². The first kappa shape index (κ1) is 16.7. The van der Waals surface area contributed by atoms with Crippen LogP contribution in [0, 0.1) is 11.3 Å². The molecule has 2 aromatic rings. The predicted molar refractivity (Wildman–Crippen MR) is 87.9 cm³/mol. The van der Waals surface area contributed by atoms with Crippen LogP contribution in [0.15, 0.2) is 42.5 Å². The molecule has 0 unspecified atom stereocenters. The average molecular weight is 331 g/mol. The Kier molecular flexibility index (Phi) is 5.45. The van der Waals surface area contributed by atoms with E-state index in [0.29, 0.717) is 27.8 Å². The molecule has 0 aliphatic heterocycles. The fraction of sp³-hybridized carbons (Fsp3) is 0.176. The minimum Gasteiger partial charge on any atom is -0.495 e. The number of hydrogen-bond donors (Lipinski definition) is 1. The molecule has 0 aliphatic carbocycles. The molecular weight excluding hydrogens is 316 g/mol. The molecule has 0 aromatic heterocycles. The third-order valence-electron chi connectivity index (χ3n) is 3.08. The lowest BCUT2D eigenvalue weighted by Crippen LogP contribution is -2.30. The van der Waals surface area contributed by atoms with Crippen molar-refractivity contribution in [1.29, 1.82) is 5.26 Å². The van der Waals surface area contributed by atoms with Gasteiger partial charge in [-0.25, -0.2) is 0 Å². The molecule has 0 radical (unpaired) electrons. The van der Waals surface area contributed by atoms with Crippen molar-refractivity contribution >= 4 is 23.2 Å². The summed E-state index contributed by atoms with van der Waals surface area (Å²) < 4.78 is 10.7. The fourth-order valence-corrected chi connectivity index (χ4v) is 2.05. The molecule has 0 saturated heterocycles. The lowest BCUT2D eigenvalue weighted by molar-refractivity contribution is -0.122. The zero-order valence-corrected chi connectivity index (χ0v) is 13.4. The zero-order chi connectivity index (χ0) is 16.8. The molecule has 0 saturated carbocycles. The Labute approximate surface area is 139 Å². The van der Waals surface area contributed by atoms with Crippen molar-refractivity contribution in [3.63, 3.8) is 0 Å². The van der Waals surface area contributed by atoms with Crippen molar-refractivity contribution in [2.24, 2.45) is 0 Å². The van der Waals surface area contributed by atoms with Crippen molar-refractivity contribution < 1.29 is 14.3 Å². The summed E-state index contributed by atoms with van der Waals surface area (Å²) in [6.45, 7) is 1.63. The summed E-state index contributed by atoms with van der Waals surface area (Å²) in [6, 6.07) is 13.5. The average Bonchev–Trinajstić information content (AvgIpc) is 2.55. The fourth-order valence-electron chi connectivity index (χ4n) is 1.88. The minimum atomic E-state index is -0.730. The molecule has 1 amide bonds. The summed E-state index contributed by atoms with van der Waals surface area (Å²) in [4.78, 5) is 12.2. The van der Waals surface area contributed by atoms with E-state index in [2.05, 4.69) is 5.32 Å². The number of nitrogens with one attached hydrogen (secondary N) is 1. The van der Waals surface area contributed by atoms with Crippen molar-refractivity contribution in [1.82, 2.24) is 0 Å². The molecule has 0 aliphatic rings. The van der Waals surface area contributed by atoms with Gasteiger partial charge in [0.15, 0.2) is 6.10 Å². The van der Waals surface area contributed by atoms with Crippen LogP contribution in [0.1, 0.15) is 12.5 Å². The van der Waals surface area contributed by atoms with E-state index in [1.807, 2.05) is 6.07 Å². The van der Waals surface area contributed by atoms with E-state index in [-0.39, 0.29) is 5.91 Å². The minimum absolute atomic E-state index is 0.338. The number of carbonyl (C=O) groups excluding carboxylic acids is 1. The smallest absolute Gasteiger partial charge is 0.265 e. The highest BCUT2D eigenvalue weighted by atomic mass is 35.5. The molecule has 2 rings (SSSR count). The van der Waals surface area contributed by atoms with Gasteiger partial charge in [-0.2, -0.15) is 5.26 Å². The van der Waals surface area contributed by atoms with Gasteiger partial charge in [0.2, 0.25) is 0 Å². The van der Waals surface area contributed by atoms with Crippen molar-refractivity contribution in [2.75, 3.05) is 12.4 Å². The summed E-state index contributed by atoms with van der Waals surface area (Å²) in [6.07, 6.45) is -0.730. The summed E-state index contributed by atoms with van der Waals surface area (Å²) >= 11 is 5.93.